The molecule has 0 saturated heterocycles. The van der Waals surface area contributed by atoms with Gasteiger partial charge in [-0.2, -0.15) is 0 Å². The summed E-state index contributed by atoms with van der Waals surface area (Å²) in [7, 11) is 2.92. The first kappa shape index (κ1) is 31.9. The number of hydrogen-bond donors (Lipinski definition) is 1. The van der Waals surface area contributed by atoms with Crippen LogP contribution in [0.1, 0.15) is 22.8 Å². The molecule has 0 aliphatic rings. The molecule has 3 amide bonds. The van der Waals surface area contributed by atoms with Crippen LogP contribution in [-0.4, -0.2) is 110 Å². The molecule has 1 N–H and O–H groups in total. The lowest BCUT2D eigenvalue weighted by molar-refractivity contribution is -0.147. The molecule has 0 aromatic heterocycles. The Morgan fingerprint density at radius 3 is 1.88 bits per heavy atom. The first-order valence-corrected chi connectivity index (χ1v) is 12.5. The number of rotatable bonds is 16. The quantitative estimate of drug-likeness (QED) is 0.239. The Morgan fingerprint density at radius 1 is 0.725 bits per heavy atom. The Bertz CT molecular complexity index is 1160. The highest BCUT2D eigenvalue weighted by Gasteiger charge is 2.26. The number of aromatic carboxylic acids is 1. The van der Waals surface area contributed by atoms with E-state index in [1.165, 1.54) is 60.1 Å². The van der Waals surface area contributed by atoms with Gasteiger partial charge >= 0.3 is 11.9 Å². The lowest BCUT2D eigenvalue weighted by Gasteiger charge is -2.29. The second-order valence-corrected chi connectivity index (χ2v) is 8.75. The number of ether oxygens (including phenoxy) is 3. The molecule has 0 unspecified atom stereocenters. The maximum Gasteiger partial charge on any atom is 0.339 e. The van der Waals surface area contributed by atoms with E-state index >= 15 is 0 Å². The van der Waals surface area contributed by atoms with Crippen molar-refractivity contribution in [3.63, 3.8) is 0 Å². The molecule has 0 aliphatic heterocycles. The molecule has 0 bridgehead atoms. The lowest BCUT2D eigenvalue weighted by atomic mass is 10.2. The Labute approximate surface area is 233 Å². The fourth-order valence-corrected chi connectivity index (χ4v) is 3.65. The van der Waals surface area contributed by atoms with Crippen molar-refractivity contribution >= 4 is 29.7 Å². The van der Waals surface area contributed by atoms with Gasteiger partial charge in [0.2, 0.25) is 17.7 Å². The normalized spacial score (nSPS) is 10.5. The van der Waals surface area contributed by atoms with Gasteiger partial charge in [0.05, 0.1) is 19.8 Å². The summed E-state index contributed by atoms with van der Waals surface area (Å²) in [5.41, 5.74) is 0.566. The van der Waals surface area contributed by atoms with E-state index in [1.807, 2.05) is 6.07 Å². The number of carbonyl (C=O) groups is 5. The average molecular weight is 558 g/mol. The van der Waals surface area contributed by atoms with Crippen molar-refractivity contribution in [2.75, 3.05) is 60.2 Å². The van der Waals surface area contributed by atoms with Crippen LogP contribution in [0.5, 0.6) is 5.75 Å². The number of methoxy groups -OCH3 is 2. The summed E-state index contributed by atoms with van der Waals surface area (Å²) in [5, 5.41) is 9.34. The largest absolute Gasteiger partial charge is 0.478 e. The number of nitrogens with zero attached hydrogens (tertiary/aromatic N) is 3. The zero-order valence-corrected chi connectivity index (χ0v) is 22.9. The third-order valence-electron chi connectivity index (χ3n) is 5.81. The van der Waals surface area contributed by atoms with Gasteiger partial charge in [0.1, 0.15) is 24.4 Å². The molecule has 2 aromatic carbocycles. The van der Waals surface area contributed by atoms with Crippen LogP contribution < -0.4 is 4.74 Å². The molecule has 0 spiro atoms. The van der Waals surface area contributed by atoms with Crippen molar-refractivity contribution < 1.29 is 43.3 Å². The molecule has 12 nitrogen and oxygen atoms in total. The molecule has 0 atom stereocenters. The van der Waals surface area contributed by atoms with Gasteiger partial charge in [-0.25, -0.2) is 9.59 Å². The number of hydrogen-bond acceptors (Lipinski definition) is 8. The minimum Gasteiger partial charge on any atom is -0.478 e. The third-order valence-corrected chi connectivity index (χ3v) is 5.81. The molecule has 0 aliphatic carbocycles. The van der Waals surface area contributed by atoms with Crippen LogP contribution in [0.15, 0.2) is 54.6 Å². The van der Waals surface area contributed by atoms with Crippen molar-refractivity contribution in [1.29, 1.82) is 0 Å². The fourth-order valence-electron chi connectivity index (χ4n) is 3.65. The van der Waals surface area contributed by atoms with Crippen LogP contribution in [0.25, 0.3) is 0 Å². The number of carboxylic acid groups (broad SMARTS) is 1. The third kappa shape index (κ3) is 10.5. The van der Waals surface area contributed by atoms with Crippen LogP contribution in [0.3, 0.4) is 0 Å². The Hall–Kier alpha value is -4.29. The summed E-state index contributed by atoms with van der Waals surface area (Å²) in [5.74, 6) is -3.62. The molecule has 12 heteroatoms. The highest BCUT2D eigenvalue weighted by Crippen LogP contribution is 2.18. The Morgan fingerprint density at radius 2 is 1.27 bits per heavy atom. The van der Waals surface area contributed by atoms with Gasteiger partial charge in [-0.05, 0) is 17.7 Å². The SMILES string of the molecule is COCCN(CC(=O)N(CC(=O)N(CCOC)CC(=O)Oc1ccccc1C(=O)O)Cc1ccccc1)C(C)=O. The summed E-state index contributed by atoms with van der Waals surface area (Å²) in [6, 6.07) is 14.7. The fraction of sp³-hybridized carbons (Fsp3) is 0.393. The minimum absolute atomic E-state index is 0.0196. The number of esters is 1. The smallest absolute Gasteiger partial charge is 0.339 e. The zero-order valence-electron chi connectivity index (χ0n) is 22.9. The monoisotopic (exact) mass is 557 g/mol. The number of para-hydroxylation sites is 1. The molecule has 0 heterocycles. The van der Waals surface area contributed by atoms with Gasteiger partial charge in [-0.3, -0.25) is 14.4 Å². The molecule has 0 radical (unpaired) electrons. The highest BCUT2D eigenvalue weighted by molar-refractivity contribution is 5.93. The topological polar surface area (TPSA) is 143 Å². The first-order chi connectivity index (χ1) is 19.2. The molecule has 2 aromatic rings. The Kier molecular flexibility index (Phi) is 13.3. The van der Waals surface area contributed by atoms with Gasteiger partial charge in [0, 0.05) is 40.8 Å². The molecule has 0 saturated carbocycles. The van der Waals surface area contributed by atoms with Crippen LogP contribution in [0.4, 0.5) is 0 Å². The predicted octanol–water partition coefficient (Wildman–Crippen LogP) is 1.29. The van der Waals surface area contributed by atoms with Crippen molar-refractivity contribution in [3.8, 4) is 5.75 Å². The Balaban J connectivity index is 2.22. The first-order valence-electron chi connectivity index (χ1n) is 12.5. The van der Waals surface area contributed by atoms with Gasteiger partial charge in [-0.1, -0.05) is 42.5 Å². The van der Waals surface area contributed by atoms with E-state index in [9.17, 15) is 29.1 Å². The molecule has 0 fully saturated rings. The van der Waals surface area contributed by atoms with Crippen LogP contribution >= 0.6 is 0 Å². The van der Waals surface area contributed by atoms with Crippen LogP contribution in [-0.2, 0) is 35.2 Å². The van der Waals surface area contributed by atoms with Crippen molar-refractivity contribution in [1.82, 2.24) is 14.7 Å². The van der Waals surface area contributed by atoms with E-state index in [0.29, 0.717) is 0 Å². The van der Waals surface area contributed by atoms with E-state index < -0.39 is 30.3 Å². The lowest BCUT2D eigenvalue weighted by Crippen LogP contribution is -2.49. The second-order valence-electron chi connectivity index (χ2n) is 8.75. The van der Waals surface area contributed by atoms with Crippen molar-refractivity contribution in [2.24, 2.45) is 0 Å². The summed E-state index contributed by atoms with van der Waals surface area (Å²) in [6.07, 6.45) is 0. The summed E-state index contributed by atoms with van der Waals surface area (Å²) in [4.78, 5) is 66.7. The van der Waals surface area contributed by atoms with Gasteiger partial charge in [-0.15, -0.1) is 0 Å². The highest BCUT2D eigenvalue weighted by atomic mass is 16.5. The zero-order chi connectivity index (χ0) is 29.5. The number of carboxylic acids is 1. The maximum absolute atomic E-state index is 13.4. The molecule has 2 rings (SSSR count). The molecule has 216 valence electrons. The number of amides is 3. The van der Waals surface area contributed by atoms with E-state index in [-0.39, 0.29) is 63.2 Å². The number of carbonyl (C=O) groups excluding carboxylic acids is 4. The van der Waals surface area contributed by atoms with E-state index in [1.54, 1.807) is 24.3 Å². The minimum atomic E-state index is -1.27. The van der Waals surface area contributed by atoms with Crippen molar-refractivity contribution in [2.45, 2.75) is 13.5 Å². The summed E-state index contributed by atoms with van der Waals surface area (Å²) < 4.78 is 15.3. The van der Waals surface area contributed by atoms with Crippen LogP contribution in [0, 0.1) is 0 Å². The molecule has 40 heavy (non-hydrogen) atoms. The van der Waals surface area contributed by atoms with Crippen LogP contribution in [0.2, 0.25) is 0 Å². The summed E-state index contributed by atoms with van der Waals surface area (Å²) in [6.45, 7) is 0.857. The van der Waals surface area contributed by atoms with E-state index in [0.717, 1.165) is 5.56 Å². The maximum atomic E-state index is 13.4. The standard InChI is InChI=1S/C28H35N3O9/c1-21(32)29(13-15-38-2)18-26(34)31(17-22-9-5-4-6-10-22)19-25(33)30(14-16-39-3)20-27(35)40-24-12-8-7-11-23(24)28(36)37/h4-12H,13-20H2,1-3H3,(H,36,37). The van der Waals surface area contributed by atoms with E-state index in [2.05, 4.69) is 0 Å². The molecular weight excluding hydrogens is 522 g/mol. The van der Waals surface area contributed by atoms with Gasteiger partial charge in [0.15, 0.2) is 0 Å². The van der Waals surface area contributed by atoms with E-state index in [4.69, 9.17) is 14.2 Å². The predicted molar refractivity (Wildman–Crippen MR) is 143 cm³/mol. The van der Waals surface area contributed by atoms with Crippen molar-refractivity contribution in [3.05, 3.63) is 65.7 Å². The number of benzene rings is 2. The van der Waals surface area contributed by atoms with Gasteiger partial charge in [0.25, 0.3) is 0 Å². The average Bonchev–Trinajstić information content (AvgIpc) is 2.93. The summed E-state index contributed by atoms with van der Waals surface area (Å²) >= 11 is 0. The van der Waals surface area contributed by atoms with Gasteiger partial charge < -0.3 is 34.0 Å². The second kappa shape index (κ2) is 16.6. The molecular formula is C28H35N3O9.